The predicted octanol–water partition coefficient (Wildman–Crippen LogP) is 3.16. The van der Waals surface area contributed by atoms with E-state index >= 15 is 0 Å². The minimum atomic E-state index is -4.95. The van der Waals surface area contributed by atoms with Crippen LogP contribution in [-0.4, -0.2) is 244 Å². The minimum Gasteiger partial charge on any atom is -0.406 e. The maximum Gasteiger partial charge on any atom is 0.573 e. The van der Waals surface area contributed by atoms with Crippen LogP contribution < -0.4 is 20.3 Å². The van der Waals surface area contributed by atoms with Gasteiger partial charge in [-0.2, -0.15) is 0 Å². The molecule has 0 saturated carbocycles. The summed E-state index contributed by atoms with van der Waals surface area (Å²) in [7, 11) is 0. The summed E-state index contributed by atoms with van der Waals surface area (Å²) in [6.45, 7) is 10.1. The molecule has 3 aliphatic heterocycles. The molecule has 2 aromatic carbocycles. The first-order chi connectivity index (χ1) is 41.3. The van der Waals surface area contributed by atoms with Crippen molar-refractivity contribution in [3.05, 3.63) is 54.7 Å². The molecule has 31 heteroatoms. The van der Waals surface area contributed by atoms with Crippen LogP contribution in [0.15, 0.2) is 54.7 Å². The van der Waals surface area contributed by atoms with Crippen molar-refractivity contribution in [2.24, 2.45) is 0 Å². The van der Waals surface area contributed by atoms with Crippen molar-refractivity contribution in [1.29, 1.82) is 0 Å². The van der Waals surface area contributed by atoms with Gasteiger partial charge in [0.15, 0.2) is 0 Å². The van der Waals surface area contributed by atoms with Gasteiger partial charge in [-0.15, -0.1) is 23.3 Å². The number of piperidine rings is 1. The van der Waals surface area contributed by atoms with Crippen LogP contribution in [0, 0.1) is 0 Å². The Morgan fingerprint density at radius 3 is 1.53 bits per heavy atom. The van der Waals surface area contributed by atoms with E-state index < -0.39 is 53.4 Å². The van der Waals surface area contributed by atoms with Crippen LogP contribution >= 0.6 is 0 Å². The first kappa shape index (κ1) is 67.6. The monoisotopic (exact) mass is 1210 g/mol. The lowest BCUT2D eigenvalue weighted by molar-refractivity contribution is -0.274. The molecule has 2 N–H and O–H groups in total. The van der Waals surface area contributed by atoms with E-state index in [0.29, 0.717) is 174 Å². The fourth-order valence-corrected chi connectivity index (χ4v) is 8.24. The Bertz CT molecular complexity index is 2490. The Morgan fingerprint density at radius 1 is 0.588 bits per heavy atom. The van der Waals surface area contributed by atoms with Gasteiger partial charge in [0.25, 0.3) is 17.7 Å². The number of likely N-dealkylation sites (tertiary alicyclic amines) is 1. The largest absolute Gasteiger partial charge is 0.573 e. The molecule has 0 unspecified atom stereocenters. The number of urea groups is 2. The van der Waals surface area contributed by atoms with E-state index in [-0.39, 0.29) is 64.1 Å². The van der Waals surface area contributed by atoms with E-state index in [1.807, 2.05) is 6.07 Å². The number of anilines is 2. The molecule has 0 bridgehead atoms. The number of ether oxygens (including phenoxy) is 13. The fourth-order valence-electron chi connectivity index (χ4n) is 8.24. The van der Waals surface area contributed by atoms with Gasteiger partial charge >= 0.3 is 24.4 Å². The maximum absolute atomic E-state index is 13.5. The average Bonchev–Trinajstić information content (AvgIpc) is 1.98. The van der Waals surface area contributed by atoms with Gasteiger partial charge in [0.1, 0.15) is 17.0 Å². The number of aromatic nitrogens is 3. The second kappa shape index (κ2) is 37.8. The summed E-state index contributed by atoms with van der Waals surface area (Å²) in [4.78, 5) is 81.4. The van der Waals surface area contributed by atoms with Crippen molar-refractivity contribution < 1.29 is 108 Å². The molecule has 0 atom stereocenters. The molecule has 7 amide bonds. The molecular weight excluding hydrogens is 1140 g/mol. The third-order valence-electron chi connectivity index (χ3n) is 12.5. The summed E-state index contributed by atoms with van der Waals surface area (Å²) in [6.07, 6.45) is -3.00. The van der Waals surface area contributed by atoms with Gasteiger partial charge in [-0.1, -0.05) is 23.4 Å². The van der Waals surface area contributed by atoms with Crippen molar-refractivity contribution in [3.8, 4) is 17.0 Å². The van der Waals surface area contributed by atoms with E-state index in [1.165, 1.54) is 17.0 Å². The smallest absolute Gasteiger partial charge is 0.406 e. The molecule has 3 aliphatic rings. The Labute approximate surface area is 488 Å². The van der Waals surface area contributed by atoms with E-state index in [2.05, 4.69) is 25.7 Å². The number of rotatable bonds is 44. The molecular formula is C54H75F3N8O20. The predicted molar refractivity (Wildman–Crippen MR) is 289 cm³/mol. The second-order valence-electron chi connectivity index (χ2n) is 18.7. The van der Waals surface area contributed by atoms with E-state index in [9.17, 15) is 41.9 Å². The highest BCUT2D eigenvalue weighted by Crippen LogP contribution is 2.35. The Hall–Kier alpha value is -6.49. The highest BCUT2D eigenvalue weighted by Gasteiger charge is 2.53. The molecule has 0 radical (unpaired) electrons. The zero-order chi connectivity index (χ0) is 60.4. The number of alkyl halides is 3. The zero-order valence-electron chi connectivity index (χ0n) is 47.3. The van der Waals surface area contributed by atoms with Gasteiger partial charge in [0.05, 0.1) is 183 Å². The molecule has 3 aromatic rings. The van der Waals surface area contributed by atoms with Crippen molar-refractivity contribution in [1.82, 2.24) is 30.3 Å². The first-order valence-corrected chi connectivity index (χ1v) is 27.9. The minimum absolute atomic E-state index is 0.0442. The summed E-state index contributed by atoms with van der Waals surface area (Å²) in [5, 5.41) is 14.5. The number of hydrogen-bond donors (Lipinski definition) is 2. The van der Waals surface area contributed by atoms with Gasteiger partial charge in [-0.3, -0.25) is 14.4 Å². The van der Waals surface area contributed by atoms with Gasteiger partial charge in [-0.05, 0) is 37.1 Å². The highest BCUT2D eigenvalue weighted by atomic mass is 19.4. The molecule has 3 fully saturated rings. The van der Waals surface area contributed by atoms with Gasteiger partial charge < -0.3 is 82.0 Å². The maximum atomic E-state index is 13.5. The van der Waals surface area contributed by atoms with Gasteiger partial charge in [0.2, 0.25) is 0 Å². The molecule has 1 aromatic heterocycles. The number of hydrogen-bond acceptors (Lipinski definition) is 22. The van der Waals surface area contributed by atoms with E-state index in [0.717, 1.165) is 17.0 Å². The Morgan fingerprint density at radius 2 is 1.05 bits per heavy atom. The number of amides is 7. The number of imide groups is 2. The number of benzene rings is 2. The number of nitrogens with one attached hydrogen (secondary N) is 2. The number of nitrogens with zero attached hydrogens (tertiary/aromatic N) is 6. The van der Waals surface area contributed by atoms with Crippen LogP contribution in [0.25, 0.3) is 11.3 Å². The molecule has 6 rings (SSSR count). The van der Waals surface area contributed by atoms with Crippen LogP contribution in [0.3, 0.4) is 0 Å². The van der Waals surface area contributed by atoms with E-state index in [1.54, 1.807) is 29.1 Å². The fraction of sp³-hybridized carbons (Fsp3) is 0.630. The van der Waals surface area contributed by atoms with Crippen molar-refractivity contribution in [2.45, 2.75) is 50.6 Å². The average molecular weight is 1210 g/mol. The van der Waals surface area contributed by atoms with Crippen molar-refractivity contribution in [2.75, 3.05) is 182 Å². The van der Waals surface area contributed by atoms with Crippen LogP contribution in [0.2, 0.25) is 0 Å². The SMILES string of the molecule is O=C(CCOCCOCCOCCOCCOCCOCCOCCOCCOCCOCCOCCOCCn1cc(-c2cccc(NC(=O)N3CCC4(CC3)NC(=O)N(c3cccc(OC(F)(F)F)c3)C4=O)c2)nn1)ON1C(=O)CCC1=O. The van der Waals surface area contributed by atoms with Gasteiger partial charge in [-0.25, -0.2) is 24.0 Å². The Balaban J connectivity index is 0.642. The topological polar surface area (TPSA) is 296 Å². The summed E-state index contributed by atoms with van der Waals surface area (Å²) >= 11 is 0. The molecule has 85 heavy (non-hydrogen) atoms. The molecule has 3 saturated heterocycles. The normalized spacial score (nSPS) is 15.2. The van der Waals surface area contributed by atoms with Gasteiger partial charge in [0, 0.05) is 43.2 Å². The lowest BCUT2D eigenvalue weighted by Crippen LogP contribution is -2.56. The number of carbonyl (C=O) groups excluding carboxylic acids is 6. The van der Waals surface area contributed by atoms with Crippen molar-refractivity contribution >= 4 is 47.1 Å². The summed E-state index contributed by atoms with van der Waals surface area (Å²) in [6, 6.07) is 10.5. The van der Waals surface area contributed by atoms with Crippen LogP contribution in [-0.2, 0) is 87.4 Å². The first-order valence-electron chi connectivity index (χ1n) is 27.9. The highest BCUT2D eigenvalue weighted by molar-refractivity contribution is 6.23. The lowest BCUT2D eigenvalue weighted by atomic mass is 9.87. The molecule has 0 aliphatic carbocycles. The standard InChI is InChI=1S/C54H75F3N8O20/c55-54(56,57)84-45-6-2-5-44(40-45)64-50(69)53(59-52(64)71)10-12-62(13-11-53)51(70)58-43-4-1-3-42(39-43)46-41-63(61-60-46)14-16-73-18-20-75-22-24-77-26-28-79-30-32-81-34-36-83-38-37-82-35-33-80-31-29-78-27-25-76-23-21-74-19-17-72-15-9-49(68)85-65-47(66)7-8-48(65)67/h1-6,39-41H,7-38H2,(H,58,70)(H,59,71). The number of hydroxylamine groups is 2. The summed E-state index contributed by atoms with van der Waals surface area (Å²) in [5.41, 5.74) is 0.403. The molecule has 472 valence electrons. The molecule has 28 nitrogen and oxygen atoms in total. The quantitative estimate of drug-likeness (QED) is 0.0467. The Kier molecular flexibility index (Phi) is 30.1. The van der Waals surface area contributed by atoms with Crippen LogP contribution in [0.1, 0.15) is 32.1 Å². The van der Waals surface area contributed by atoms with Crippen LogP contribution in [0.4, 0.5) is 34.1 Å². The molecule has 4 heterocycles. The van der Waals surface area contributed by atoms with Crippen molar-refractivity contribution in [3.63, 3.8) is 0 Å². The summed E-state index contributed by atoms with van der Waals surface area (Å²) < 4.78 is 110. The number of halogens is 3. The number of carbonyl (C=O) groups is 6. The summed E-state index contributed by atoms with van der Waals surface area (Å²) in [5.74, 6) is -2.95. The van der Waals surface area contributed by atoms with Crippen LogP contribution in [0.5, 0.6) is 5.75 Å². The third kappa shape index (κ3) is 25.2. The van der Waals surface area contributed by atoms with E-state index in [4.69, 9.17) is 61.7 Å². The zero-order valence-corrected chi connectivity index (χ0v) is 47.3. The third-order valence-corrected chi connectivity index (χ3v) is 12.5. The second-order valence-corrected chi connectivity index (χ2v) is 18.7. The molecule has 1 spiro atoms. The lowest BCUT2D eigenvalue weighted by Gasteiger charge is -2.37.